The van der Waals surface area contributed by atoms with E-state index in [1.165, 1.54) is 17.8 Å². The quantitative estimate of drug-likeness (QED) is 0.0542. The molecule has 0 saturated carbocycles. The zero-order valence-corrected chi connectivity index (χ0v) is 36.3. The van der Waals surface area contributed by atoms with Gasteiger partial charge in [-0.2, -0.15) is 0 Å². The summed E-state index contributed by atoms with van der Waals surface area (Å²) in [5.74, 6) is 6.50. The first kappa shape index (κ1) is 47.0. The first-order valence-corrected chi connectivity index (χ1v) is 22.8. The molecule has 0 aliphatic carbocycles. The number of aliphatic hydroxyl groups excluding tert-OH is 1. The van der Waals surface area contributed by atoms with Gasteiger partial charge in [0, 0.05) is 67.6 Å². The fraction of sp³-hybridized carbons (Fsp3) is 0.579. The van der Waals surface area contributed by atoms with Crippen LogP contribution in [-0.2, 0) is 14.2 Å². The molecule has 4 aromatic heterocycles. The van der Waals surface area contributed by atoms with Gasteiger partial charge in [0.25, 0.3) is 0 Å². The summed E-state index contributed by atoms with van der Waals surface area (Å²) in [6.45, 7) is 12.7. The van der Waals surface area contributed by atoms with Gasteiger partial charge in [-0.1, -0.05) is 32.3 Å². The van der Waals surface area contributed by atoms with E-state index in [1.807, 2.05) is 43.0 Å². The first-order valence-electron chi connectivity index (χ1n) is 19.0. The van der Waals surface area contributed by atoms with E-state index in [0.29, 0.717) is 72.6 Å². The molecule has 20 heteroatoms. The van der Waals surface area contributed by atoms with E-state index >= 15 is 0 Å². The second-order valence-corrected chi connectivity index (χ2v) is 15.4. The maximum atomic E-state index is 8.75. The third kappa shape index (κ3) is 16.5. The number of hydrogen-bond donors (Lipinski definition) is 2. The second kappa shape index (κ2) is 27.9. The molecule has 0 saturated heterocycles. The van der Waals surface area contributed by atoms with E-state index in [-0.39, 0.29) is 31.0 Å². The Bertz CT molecular complexity index is 1660. The summed E-state index contributed by atoms with van der Waals surface area (Å²) in [7, 11) is 0. The number of thiophene rings is 4. The van der Waals surface area contributed by atoms with Gasteiger partial charge in [-0.15, -0.1) is 45.3 Å². The molecule has 4 aromatic rings. The Morgan fingerprint density at radius 1 is 0.603 bits per heavy atom. The third-order valence-electron chi connectivity index (χ3n) is 7.37. The predicted octanol–water partition coefficient (Wildman–Crippen LogP) is 7.69. The van der Waals surface area contributed by atoms with Crippen molar-refractivity contribution in [3.63, 3.8) is 0 Å². The Morgan fingerprint density at radius 2 is 0.948 bits per heavy atom. The molecule has 58 heavy (non-hydrogen) atoms. The van der Waals surface area contributed by atoms with Crippen LogP contribution in [-0.4, -0.2) is 115 Å². The number of aliphatic hydroxyl groups is 1. The number of ether oxygens (including phenoxy) is 11. The smallest absolute Gasteiger partial charge is 0.172 e. The molecule has 4 atom stereocenters. The van der Waals surface area contributed by atoms with Crippen LogP contribution < -0.4 is 43.6 Å². The van der Waals surface area contributed by atoms with Crippen molar-refractivity contribution in [1.82, 2.24) is 0 Å². The van der Waals surface area contributed by atoms with Gasteiger partial charge < -0.3 is 62.9 Å². The van der Waals surface area contributed by atoms with Crippen molar-refractivity contribution in [2.45, 2.75) is 58.0 Å². The largest absolute Gasteiger partial charge is 0.485 e. The summed E-state index contributed by atoms with van der Waals surface area (Å²) in [4.78, 5) is 2.63. The lowest BCUT2D eigenvalue weighted by molar-refractivity contribution is 0.00968. The SMILES string of the molecule is CCC.CCCOCC1COc2cscc2O1.NCCOCC1COc2cscc2O1.OCC1COc2cscc2O1.[N-]=[N+]=NCCOCC1COc2cscc2O1. The van der Waals surface area contributed by atoms with Crippen LogP contribution in [0.25, 0.3) is 10.4 Å². The fourth-order valence-corrected chi connectivity index (χ4v) is 7.49. The highest BCUT2D eigenvalue weighted by molar-refractivity contribution is 7.09. The monoisotopic (exact) mass is 886 g/mol. The van der Waals surface area contributed by atoms with Crippen molar-refractivity contribution in [2.24, 2.45) is 10.8 Å². The van der Waals surface area contributed by atoms with Crippen LogP contribution in [0.15, 0.2) is 48.2 Å². The highest BCUT2D eigenvalue weighted by atomic mass is 32.1. The molecule has 0 radical (unpaired) electrons. The third-order valence-corrected chi connectivity index (χ3v) is 10.2. The van der Waals surface area contributed by atoms with Crippen LogP contribution in [0.4, 0.5) is 0 Å². The van der Waals surface area contributed by atoms with Gasteiger partial charge >= 0.3 is 0 Å². The van der Waals surface area contributed by atoms with E-state index in [4.69, 9.17) is 68.5 Å². The summed E-state index contributed by atoms with van der Waals surface area (Å²) in [6, 6.07) is 0. The molecule has 0 bridgehead atoms. The van der Waals surface area contributed by atoms with Crippen molar-refractivity contribution < 1.29 is 57.2 Å². The minimum absolute atomic E-state index is 0.00921. The van der Waals surface area contributed by atoms with E-state index < -0.39 is 0 Å². The summed E-state index contributed by atoms with van der Waals surface area (Å²) < 4.78 is 60.1. The van der Waals surface area contributed by atoms with E-state index in [2.05, 4.69) is 30.8 Å². The molecule has 0 spiro atoms. The van der Waals surface area contributed by atoms with Crippen LogP contribution in [0.2, 0.25) is 0 Å². The normalized spacial score (nSPS) is 18.8. The highest BCUT2D eigenvalue weighted by Gasteiger charge is 2.24. The summed E-state index contributed by atoms with van der Waals surface area (Å²) in [5.41, 5.74) is 13.4. The summed E-state index contributed by atoms with van der Waals surface area (Å²) in [5, 5.41) is 27.5. The molecule has 8 heterocycles. The molecule has 4 unspecified atom stereocenters. The zero-order chi connectivity index (χ0) is 41.2. The maximum absolute atomic E-state index is 8.75. The molecule has 0 fully saturated rings. The van der Waals surface area contributed by atoms with Crippen LogP contribution in [0.3, 0.4) is 0 Å². The molecular weight excluding hydrogens is 833 g/mol. The Balaban J connectivity index is 0.000000168. The van der Waals surface area contributed by atoms with Gasteiger partial charge in [0.1, 0.15) is 26.4 Å². The molecule has 4 aliphatic rings. The fourth-order valence-electron chi connectivity index (χ4n) is 4.80. The van der Waals surface area contributed by atoms with Crippen LogP contribution >= 0.6 is 45.3 Å². The van der Waals surface area contributed by atoms with Gasteiger partial charge in [-0.3, -0.25) is 0 Å². The number of nitrogens with two attached hydrogens (primary N) is 1. The first-order chi connectivity index (χ1) is 28.5. The minimum atomic E-state index is -0.197. The lowest BCUT2D eigenvalue weighted by atomic mass is 10.3. The van der Waals surface area contributed by atoms with Crippen LogP contribution in [0.5, 0.6) is 46.0 Å². The topological polar surface area (TPSA) is 197 Å². The van der Waals surface area contributed by atoms with Gasteiger partial charge in [-0.05, 0) is 12.0 Å². The Hall–Kier alpha value is -3.69. The van der Waals surface area contributed by atoms with E-state index in [0.717, 1.165) is 59.0 Å². The van der Waals surface area contributed by atoms with Crippen molar-refractivity contribution >= 4 is 45.3 Å². The number of hydrogen-bond acceptors (Lipinski definition) is 18. The average Bonchev–Trinajstić information content (AvgIpc) is 4.09. The van der Waals surface area contributed by atoms with Gasteiger partial charge in [0.15, 0.2) is 70.4 Å². The number of rotatable bonds is 14. The van der Waals surface area contributed by atoms with Gasteiger partial charge in [-0.25, -0.2) is 0 Å². The molecule has 0 amide bonds. The number of azide groups is 1. The molecule has 322 valence electrons. The molecule has 16 nitrogen and oxygen atoms in total. The molecular formula is C38H54N4O12S4. The molecule has 3 N–H and O–H groups in total. The molecule has 0 aromatic carbocycles. The van der Waals surface area contributed by atoms with Crippen LogP contribution in [0.1, 0.15) is 33.6 Å². The second-order valence-electron chi connectivity index (χ2n) is 12.5. The van der Waals surface area contributed by atoms with E-state index in [1.54, 1.807) is 34.0 Å². The number of nitrogens with zero attached hydrogens (tertiary/aromatic N) is 3. The van der Waals surface area contributed by atoms with Gasteiger partial charge in [0.05, 0.1) is 39.6 Å². The lowest BCUT2D eigenvalue weighted by Crippen LogP contribution is -2.33. The van der Waals surface area contributed by atoms with E-state index in [9.17, 15) is 0 Å². The summed E-state index contributed by atoms with van der Waals surface area (Å²) >= 11 is 6.25. The molecule has 8 rings (SSSR count). The summed E-state index contributed by atoms with van der Waals surface area (Å²) in [6.07, 6.45) is 2.04. The Kier molecular flexibility index (Phi) is 22.6. The van der Waals surface area contributed by atoms with Crippen molar-refractivity contribution in [1.29, 1.82) is 0 Å². The molecule has 4 aliphatic heterocycles. The van der Waals surface area contributed by atoms with Gasteiger partial charge in [0.2, 0.25) is 0 Å². The zero-order valence-electron chi connectivity index (χ0n) is 33.0. The van der Waals surface area contributed by atoms with Crippen LogP contribution in [0, 0.1) is 0 Å². The standard InChI is InChI=1S/C10H14O3S.C9H11N3O3S.C9H13NO3S.C7H8O3S.C3H8/c1-2-3-11-4-8-5-12-9-6-14-7-10(9)13-8;10-12-11-1-2-13-3-7-4-14-8-5-16-6-9(8)15-7;10-1-2-11-3-7-4-12-8-5-14-6-9(8)13-7;8-1-5-2-9-6-3-11-4-7(6)10-5;1-3-2/h6-8H,2-5H2,1H3;5-7H,1-4H2;5-7H,1-4,10H2;3-5,8H,1-2H2;3H2,1-2H3. The lowest BCUT2D eigenvalue weighted by Gasteiger charge is -2.24. The van der Waals surface area contributed by atoms with Crippen molar-refractivity contribution in [2.75, 3.05) is 85.8 Å². The average molecular weight is 887 g/mol. The number of fused-ring (bicyclic) bond motifs is 4. The maximum Gasteiger partial charge on any atom is 0.172 e. The predicted molar refractivity (Wildman–Crippen MR) is 226 cm³/mol. The van der Waals surface area contributed by atoms with Crippen molar-refractivity contribution in [3.05, 3.63) is 53.5 Å². The van der Waals surface area contributed by atoms with Crippen molar-refractivity contribution in [3.8, 4) is 46.0 Å². The minimum Gasteiger partial charge on any atom is -0.485 e. The highest BCUT2D eigenvalue weighted by Crippen LogP contribution is 2.37. The Labute approximate surface area is 355 Å². The Morgan fingerprint density at radius 3 is 1.31 bits per heavy atom.